The highest BCUT2D eigenvalue weighted by Gasteiger charge is 2.37. The highest BCUT2D eigenvalue weighted by molar-refractivity contribution is 7.14. The number of oxime groups is 1. The Morgan fingerprint density at radius 2 is 1.55 bits per heavy atom. The van der Waals surface area contributed by atoms with Crippen LogP contribution in [0.2, 0.25) is 0 Å². The van der Waals surface area contributed by atoms with Gasteiger partial charge in [-0.05, 0) is 23.6 Å². The molecule has 5 rings (SSSR count). The topological polar surface area (TPSA) is 93.1 Å². The van der Waals surface area contributed by atoms with E-state index in [9.17, 15) is 9.59 Å². The fraction of sp³-hybridized carbons (Fsp3) is 0.226. The number of benzene rings is 3. The van der Waals surface area contributed by atoms with Gasteiger partial charge in [0.15, 0.2) is 5.13 Å². The van der Waals surface area contributed by atoms with Gasteiger partial charge >= 0.3 is 5.97 Å². The van der Waals surface area contributed by atoms with E-state index < -0.39 is 17.6 Å². The highest BCUT2D eigenvalue weighted by Crippen LogP contribution is 2.40. The summed E-state index contributed by atoms with van der Waals surface area (Å²) in [7, 11) is 1.71. The zero-order valence-electron chi connectivity index (χ0n) is 22.3. The van der Waals surface area contributed by atoms with E-state index in [1.54, 1.807) is 24.3 Å². The van der Waals surface area contributed by atoms with Gasteiger partial charge in [-0.3, -0.25) is 4.79 Å². The van der Waals surface area contributed by atoms with Crippen molar-refractivity contribution in [2.24, 2.45) is 5.16 Å². The van der Waals surface area contributed by atoms with Crippen molar-refractivity contribution in [3.63, 3.8) is 0 Å². The van der Waals surface area contributed by atoms with Crippen molar-refractivity contribution in [2.75, 3.05) is 25.5 Å². The highest BCUT2D eigenvalue weighted by atomic mass is 32.1. The van der Waals surface area contributed by atoms with Crippen LogP contribution >= 0.6 is 11.3 Å². The Morgan fingerprint density at radius 1 is 1.00 bits per heavy atom. The molecule has 9 heteroatoms. The van der Waals surface area contributed by atoms with Crippen LogP contribution in [0.1, 0.15) is 35.7 Å². The molecule has 1 aromatic heterocycles. The van der Waals surface area contributed by atoms with Crippen LogP contribution < -0.4 is 5.32 Å². The smallest absolute Gasteiger partial charge is 0.362 e. The molecule has 0 spiro atoms. The molecule has 0 aliphatic carbocycles. The van der Waals surface area contributed by atoms with Crippen molar-refractivity contribution in [2.45, 2.75) is 25.0 Å². The number of carbonyl (C=O) groups excluding carboxylic acids is 2. The van der Waals surface area contributed by atoms with E-state index in [2.05, 4.69) is 46.9 Å². The van der Waals surface area contributed by atoms with Gasteiger partial charge in [-0.2, -0.15) is 0 Å². The normalized spacial score (nSPS) is 15.7. The lowest BCUT2D eigenvalue weighted by Gasteiger charge is -2.36. The van der Waals surface area contributed by atoms with Crippen molar-refractivity contribution < 1.29 is 19.2 Å². The number of rotatable bonds is 10. The zero-order valence-corrected chi connectivity index (χ0v) is 23.1. The molecule has 1 saturated heterocycles. The predicted molar refractivity (Wildman–Crippen MR) is 155 cm³/mol. The summed E-state index contributed by atoms with van der Waals surface area (Å²) in [5, 5.41) is 10.1. The molecule has 0 radical (unpaired) electrons. The molecule has 2 heterocycles. The third kappa shape index (κ3) is 5.46. The Hall–Kier alpha value is -4.50. The Kier molecular flexibility index (Phi) is 8.21. The number of carbonyl (C=O) groups is 2. The van der Waals surface area contributed by atoms with E-state index in [0.29, 0.717) is 23.8 Å². The first-order chi connectivity index (χ1) is 19.5. The van der Waals surface area contributed by atoms with E-state index in [1.165, 1.54) is 11.3 Å². The number of hydrogen-bond acceptors (Lipinski definition) is 8. The number of likely N-dealkylation sites (tertiary alicyclic amines) is 1. The van der Waals surface area contributed by atoms with Crippen molar-refractivity contribution in [1.82, 2.24) is 9.88 Å². The molecular weight excluding hydrogens is 524 g/mol. The molecule has 4 aromatic rings. The van der Waals surface area contributed by atoms with Crippen LogP contribution in [0.25, 0.3) is 0 Å². The third-order valence-electron chi connectivity index (χ3n) is 6.78. The van der Waals surface area contributed by atoms with Gasteiger partial charge in [0.25, 0.3) is 5.91 Å². The summed E-state index contributed by atoms with van der Waals surface area (Å²) in [6.45, 7) is 2.45. The Labute approximate surface area is 237 Å². The average Bonchev–Trinajstić information content (AvgIpc) is 3.59. The van der Waals surface area contributed by atoms with Crippen LogP contribution in [0.15, 0.2) is 102 Å². The van der Waals surface area contributed by atoms with Crippen molar-refractivity contribution in [3.05, 3.63) is 119 Å². The Bertz CT molecular complexity index is 1380. The van der Waals surface area contributed by atoms with Crippen LogP contribution in [0, 0.1) is 0 Å². The van der Waals surface area contributed by atoms with Gasteiger partial charge in [0.1, 0.15) is 11.2 Å². The first-order valence-electron chi connectivity index (χ1n) is 13.1. The standard InChI is InChI=1S/C31H30N4O4S/c1-3-38-29(37)27(34-39-26-19-20-35(2)28(26)36)25-21-40-30(32-25)33-31(22-13-7-4-8-14-22,23-15-9-5-10-16-23)24-17-11-6-12-18-24/h4-18,21,26H,3,19-20H2,1-2H3,(H,32,33)/b34-27-. The van der Waals surface area contributed by atoms with Crippen LogP contribution in [0.5, 0.6) is 0 Å². The number of likely N-dealkylation sites (N-methyl/N-ethyl adjacent to an activating group) is 1. The molecule has 1 aliphatic heterocycles. The summed E-state index contributed by atoms with van der Waals surface area (Å²) in [5.74, 6) is -0.843. The average molecular weight is 555 g/mol. The summed E-state index contributed by atoms with van der Waals surface area (Å²) in [6, 6.07) is 30.5. The van der Waals surface area contributed by atoms with Crippen molar-refractivity contribution in [3.8, 4) is 0 Å². The predicted octanol–water partition coefficient (Wildman–Crippen LogP) is 5.06. The maximum Gasteiger partial charge on any atom is 0.362 e. The molecule has 0 bridgehead atoms. The maximum absolute atomic E-state index is 12.9. The minimum absolute atomic E-state index is 0.0850. The summed E-state index contributed by atoms with van der Waals surface area (Å²) in [6.07, 6.45) is -0.250. The maximum atomic E-state index is 12.9. The van der Waals surface area contributed by atoms with Gasteiger partial charge in [0.2, 0.25) is 11.8 Å². The van der Waals surface area contributed by atoms with E-state index >= 15 is 0 Å². The number of amides is 1. The summed E-state index contributed by atoms with van der Waals surface area (Å²) < 4.78 is 5.24. The van der Waals surface area contributed by atoms with Crippen LogP contribution in [-0.2, 0) is 24.7 Å². The van der Waals surface area contributed by atoms with Crippen LogP contribution in [0.3, 0.4) is 0 Å². The van der Waals surface area contributed by atoms with Gasteiger partial charge < -0.3 is 19.8 Å². The number of aromatic nitrogens is 1. The number of esters is 1. The molecule has 1 amide bonds. The van der Waals surface area contributed by atoms with Crippen molar-refractivity contribution in [1.29, 1.82) is 0 Å². The minimum Gasteiger partial charge on any atom is -0.461 e. The van der Waals surface area contributed by atoms with E-state index in [0.717, 1.165) is 16.7 Å². The fourth-order valence-corrected chi connectivity index (χ4v) is 5.52. The number of anilines is 1. The number of ether oxygens (including phenoxy) is 1. The minimum atomic E-state index is -0.780. The van der Waals surface area contributed by atoms with Crippen LogP contribution in [-0.4, -0.2) is 53.8 Å². The number of nitrogens with one attached hydrogen (secondary N) is 1. The monoisotopic (exact) mass is 554 g/mol. The lowest BCUT2D eigenvalue weighted by molar-refractivity contribution is -0.138. The molecular formula is C31H30N4O4S. The molecule has 1 unspecified atom stereocenters. The Balaban J connectivity index is 1.56. The number of nitrogens with zero attached hydrogens (tertiary/aromatic N) is 3. The van der Waals surface area contributed by atoms with E-state index in [-0.39, 0.29) is 18.2 Å². The van der Waals surface area contributed by atoms with Gasteiger partial charge in [-0.1, -0.05) is 96.2 Å². The number of thiazole rings is 1. The quantitative estimate of drug-likeness (QED) is 0.127. The largest absolute Gasteiger partial charge is 0.461 e. The molecule has 0 saturated carbocycles. The van der Waals surface area contributed by atoms with Gasteiger partial charge in [0.05, 0.1) is 6.61 Å². The first-order valence-corrected chi connectivity index (χ1v) is 14.0. The molecule has 204 valence electrons. The Morgan fingerprint density at radius 3 is 2.02 bits per heavy atom. The summed E-state index contributed by atoms with van der Waals surface area (Å²) in [5.41, 5.74) is 2.50. The molecule has 3 aromatic carbocycles. The summed E-state index contributed by atoms with van der Waals surface area (Å²) >= 11 is 1.34. The van der Waals surface area contributed by atoms with Gasteiger partial charge in [-0.15, -0.1) is 11.3 Å². The SMILES string of the molecule is CCOC(=O)/C(=N\OC1CCN(C)C1=O)c1csc(NC(c2ccccc2)(c2ccccc2)c2ccccc2)n1. The van der Waals surface area contributed by atoms with Gasteiger partial charge in [-0.25, -0.2) is 9.78 Å². The third-order valence-corrected chi connectivity index (χ3v) is 7.54. The van der Waals surface area contributed by atoms with E-state index in [1.807, 2.05) is 54.6 Å². The van der Waals surface area contributed by atoms with Crippen molar-refractivity contribution >= 4 is 34.1 Å². The van der Waals surface area contributed by atoms with Gasteiger partial charge in [0, 0.05) is 25.4 Å². The first kappa shape index (κ1) is 27.1. The molecule has 8 nitrogen and oxygen atoms in total. The second kappa shape index (κ2) is 12.1. The lowest BCUT2D eigenvalue weighted by atomic mass is 9.77. The lowest BCUT2D eigenvalue weighted by Crippen LogP contribution is -2.38. The molecule has 1 atom stereocenters. The van der Waals surface area contributed by atoms with Crippen LogP contribution in [0.4, 0.5) is 5.13 Å². The molecule has 40 heavy (non-hydrogen) atoms. The van der Waals surface area contributed by atoms with E-state index in [4.69, 9.17) is 14.6 Å². The second-order valence-corrected chi connectivity index (χ2v) is 10.2. The zero-order chi connectivity index (χ0) is 28.0. The molecule has 1 fully saturated rings. The second-order valence-electron chi connectivity index (χ2n) is 9.31. The number of hydrogen-bond donors (Lipinski definition) is 1. The summed E-state index contributed by atoms with van der Waals surface area (Å²) in [4.78, 5) is 37.0. The fourth-order valence-electron chi connectivity index (χ4n) is 4.77. The molecule has 1 N–H and O–H groups in total. The molecule has 1 aliphatic rings.